The average molecular weight is 358 g/mol. The molecule has 1 aliphatic carbocycles. The molecule has 0 spiro atoms. The van der Waals surface area contributed by atoms with Crippen molar-refractivity contribution in [2.75, 3.05) is 26.4 Å². The van der Waals surface area contributed by atoms with Gasteiger partial charge in [0.15, 0.2) is 0 Å². The molecule has 1 aromatic rings. The van der Waals surface area contributed by atoms with Crippen LogP contribution < -0.4 is 4.74 Å². The number of allylic oxidation sites excluding steroid dienone is 2. The van der Waals surface area contributed by atoms with Crippen LogP contribution in [0.4, 0.5) is 0 Å². The van der Waals surface area contributed by atoms with Crippen molar-refractivity contribution in [2.24, 2.45) is 10.8 Å². The summed E-state index contributed by atoms with van der Waals surface area (Å²) in [5.74, 6) is 2.02. The molecule has 0 amide bonds. The van der Waals surface area contributed by atoms with Gasteiger partial charge in [-0.3, -0.25) is 0 Å². The van der Waals surface area contributed by atoms with Crippen molar-refractivity contribution in [1.82, 2.24) is 0 Å². The van der Waals surface area contributed by atoms with Gasteiger partial charge in [-0.2, -0.15) is 0 Å². The molecule has 2 unspecified atom stereocenters. The summed E-state index contributed by atoms with van der Waals surface area (Å²) in [6.45, 7) is 12.2. The van der Waals surface area contributed by atoms with Gasteiger partial charge in [-0.05, 0) is 23.3 Å². The molecule has 0 aromatic heterocycles. The van der Waals surface area contributed by atoms with E-state index in [1.165, 1.54) is 5.57 Å². The summed E-state index contributed by atoms with van der Waals surface area (Å²) < 4.78 is 23.1. The summed E-state index contributed by atoms with van der Waals surface area (Å²) in [6.07, 6.45) is 2.56. The fraction of sp³-hybridized carbons (Fsp3) is 0.636. The minimum atomic E-state index is 0.0109. The molecule has 26 heavy (non-hydrogen) atoms. The smallest absolute Gasteiger partial charge is 0.127 e. The number of epoxide rings is 2. The van der Waals surface area contributed by atoms with E-state index in [-0.39, 0.29) is 23.0 Å². The Hall–Kier alpha value is -1.52. The third-order valence-corrected chi connectivity index (χ3v) is 5.34. The molecule has 0 N–H and O–H groups in total. The van der Waals surface area contributed by atoms with E-state index in [0.29, 0.717) is 13.2 Å². The third kappa shape index (κ3) is 4.07. The van der Waals surface area contributed by atoms with Crippen LogP contribution in [0.5, 0.6) is 5.75 Å². The highest BCUT2D eigenvalue weighted by Crippen LogP contribution is 2.54. The average Bonchev–Trinajstić information content (AvgIpc) is 3.44. The summed E-state index contributed by atoms with van der Waals surface area (Å²) in [7, 11) is 0. The Bertz CT molecular complexity index is 696. The van der Waals surface area contributed by atoms with Gasteiger partial charge < -0.3 is 18.9 Å². The number of benzene rings is 1. The van der Waals surface area contributed by atoms with Gasteiger partial charge >= 0.3 is 0 Å². The maximum Gasteiger partial charge on any atom is 0.127 e. The molecule has 1 aromatic carbocycles. The molecule has 2 atom stereocenters. The SMILES string of the molecule is CC1(C)CC(OCC2CO2)=C(c2ccccc2OCC2CO2)C(C)(C)C1. The standard InChI is InChI=1S/C22H30O4/c1-21(2)9-19(26-13-16-11-24-16)20(22(3,4)14-21)17-7-5-6-8-18(17)25-12-15-10-23-15/h5-8,15-16H,9-14H2,1-4H3. The van der Waals surface area contributed by atoms with E-state index < -0.39 is 0 Å². The quantitative estimate of drug-likeness (QED) is 0.676. The zero-order valence-electron chi connectivity index (χ0n) is 16.3. The molecule has 0 saturated carbocycles. The van der Waals surface area contributed by atoms with Crippen LogP contribution in [0.3, 0.4) is 0 Å². The predicted octanol–water partition coefficient (Wildman–Crippen LogP) is 4.44. The topological polar surface area (TPSA) is 43.5 Å². The maximum atomic E-state index is 6.31. The second kappa shape index (κ2) is 6.58. The number of ether oxygens (including phenoxy) is 4. The fourth-order valence-corrected chi connectivity index (χ4v) is 4.39. The van der Waals surface area contributed by atoms with Crippen molar-refractivity contribution >= 4 is 5.57 Å². The molecule has 2 aliphatic heterocycles. The van der Waals surface area contributed by atoms with Gasteiger partial charge in [0.2, 0.25) is 0 Å². The molecule has 2 saturated heterocycles. The Morgan fingerprint density at radius 2 is 1.58 bits per heavy atom. The molecule has 142 valence electrons. The lowest BCUT2D eigenvalue weighted by molar-refractivity contribution is 0.121. The van der Waals surface area contributed by atoms with Gasteiger partial charge in [0.1, 0.15) is 36.9 Å². The van der Waals surface area contributed by atoms with Crippen molar-refractivity contribution < 1.29 is 18.9 Å². The highest BCUT2D eigenvalue weighted by Gasteiger charge is 2.42. The van der Waals surface area contributed by atoms with Crippen molar-refractivity contribution in [3.05, 3.63) is 35.6 Å². The lowest BCUT2D eigenvalue weighted by Crippen LogP contribution is -2.32. The second-order valence-corrected chi connectivity index (χ2v) is 9.23. The summed E-state index contributed by atoms with van der Waals surface area (Å²) in [5, 5.41) is 0. The summed E-state index contributed by atoms with van der Waals surface area (Å²) in [5.41, 5.74) is 2.66. The summed E-state index contributed by atoms with van der Waals surface area (Å²) in [4.78, 5) is 0. The molecule has 4 heteroatoms. The first-order valence-electron chi connectivity index (χ1n) is 9.66. The highest BCUT2D eigenvalue weighted by atomic mass is 16.6. The van der Waals surface area contributed by atoms with E-state index in [1.807, 2.05) is 6.07 Å². The van der Waals surface area contributed by atoms with Crippen LogP contribution in [-0.4, -0.2) is 38.6 Å². The molecule has 2 heterocycles. The second-order valence-electron chi connectivity index (χ2n) is 9.23. The summed E-state index contributed by atoms with van der Waals surface area (Å²) >= 11 is 0. The lowest BCUT2D eigenvalue weighted by Gasteiger charge is -2.43. The Balaban J connectivity index is 1.70. The highest BCUT2D eigenvalue weighted by molar-refractivity contribution is 5.76. The molecule has 2 fully saturated rings. The van der Waals surface area contributed by atoms with Crippen molar-refractivity contribution in [3.8, 4) is 5.75 Å². The van der Waals surface area contributed by atoms with Gasteiger partial charge in [0.05, 0.1) is 13.2 Å². The van der Waals surface area contributed by atoms with Crippen LogP contribution in [0.1, 0.15) is 46.1 Å². The lowest BCUT2D eigenvalue weighted by atomic mass is 9.63. The van der Waals surface area contributed by atoms with Crippen LogP contribution >= 0.6 is 0 Å². The molecule has 4 nitrogen and oxygen atoms in total. The van der Waals surface area contributed by atoms with E-state index in [4.69, 9.17) is 18.9 Å². The molecule has 3 aliphatic rings. The Morgan fingerprint density at radius 3 is 2.23 bits per heavy atom. The van der Waals surface area contributed by atoms with Crippen LogP contribution in [-0.2, 0) is 14.2 Å². The van der Waals surface area contributed by atoms with Crippen molar-refractivity contribution in [2.45, 2.75) is 52.7 Å². The number of para-hydroxylation sites is 1. The van der Waals surface area contributed by atoms with E-state index in [9.17, 15) is 0 Å². The van der Waals surface area contributed by atoms with Crippen LogP contribution in [0.15, 0.2) is 30.0 Å². The Kier molecular flexibility index (Phi) is 4.52. The van der Waals surface area contributed by atoms with E-state index >= 15 is 0 Å². The number of rotatable bonds is 7. The normalized spacial score (nSPS) is 28.6. The van der Waals surface area contributed by atoms with E-state index in [2.05, 4.69) is 45.9 Å². The zero-order chi connectivity index (χ0) is 18.4. The maximum absolute atomic E-state index is 6.31. The first-order valence-corrected chi connectivity index (χ1v) is 9.66. The van der Waals surface area contributed by atoms with Gasteiger partial charge in [0.25, 0.3) is 0 Å². The minimum Gasteiger partial charge on any atom is -0.495 e. The van der Waals surface area contributed by atoms with Crippen molar-refractivity contribution in [3.63, 3.8) is 0 Å². The van der Waals surface area contributed by atoms with Crippen LogP contribution in [0.25, 0.3) is 5.57 Å². The molecular formula is C22H30O4. The molecule has 4 rings (SSSR count). The molecule has 0 radical (unpaired) electrons. The molecule has 0 bridgehead atoms. The van der Waals surface area contributed by atoms with E-state index in [1.54, 1.807) is 0 Å². The summed E-state index contributed by atoms with van der Waals surface area (Å²) in [6, 6.07) is 8.34. The monoisotopic (exact) mass is 358 g/mol. The van der Waals surface area contributed by atoms with Gasteiger partial charge in [-0.15, -0.1) is 0 Å². The largest absolute Gasteiger partial charge is 0.495 e. The fourth-order valence-electron chi connectivity index (χ4n) is 4.39. The van der Waals surface area contributed by atoms with Gasteiger partial charge in [-0.1, -0.05) is 45.9 Å². The predicted molar refractivity (Wildman–Crippen MR) is 101 cm³/mol. The van der Waals surface area contributed by atoms with Gasteiger partial charge in [-0.25, -0.2) is 0 Å². The van der Waals surface area contributed by atoms with E-state index in [0.717, 1.165) is 43.1 Å². The number of hydrogen-bond donors (Lipinski definition) is 0. The van der Waals surface area contributed by atoms with Crippen LogP contribution in [0, 0.1) is 10.8 Å². The van der Waals surface area contributed by atoms with Crippen molar-refractivity contribution in [1.29, 1.82) is 0 Å². The molecular weight excluding hydrogens is 328 g/mol. The van der Waals surface area contributed by atoms with Gasteiger partial charge in [0, 0.05) is 17.6 Å². The zero-order valence-corrected chi connectivity index (χ0v) is 16.3. The Morgan fingerprint density at radius 1 is 0.962 bits per heavy atom. The first-order chi connectivity index (χ1) is 12.3. The minimum absolute atomic E-state index is 0.0109. The number of hydrogen-bond acceptors (Lipinski definition) is 4. The Labute approximate surface area is 156 Å². The first kappa shape index (κ1) is 17.9. The third-order valence-electron chi connectivity index (χ3n) is 5.34. The van der Waals surface area contributed by atoms with Crippen LogP contribution in [0.2, 0.25) is 0 Å².